The Morgan fingerprint density at radius 3 is 2.75 bits per heavy atom. The van der Waals surface area contributed by atoms with Crippen LogP contribution in [0.2, 0.25) is 0 Å². The summed E-state index contributed by atoms with van der Waals surface area (Å²) in [7, 11) is 3.21. The summed E-state index contributed by atoms with van der Waals surface area (Å²) in [6, 6.07) is 0.0970. The Bertz CT molecular complexity index is 232. The molecular formula is C9H21N5O2. The Morgan fingerprint density at radius 1 is 1.56 bits per heavy atom. The van der Waals surface area contributed by atoms with Crippen molar-refractivity contribution >= 4 is 11.9 Å². The van der Waals surface area contributed by atoms with E-state index < -0.39 is 0 Å². The third-order valence-corrected chi connectivity index (χ3v) is 1.82. The Labute approximate surface area is 95.8 Å². The number of carbonyl (C=O) groups is 1. The zero-order valence-corrected chi connectivity index (χ0v) is 10.0. The van der Waals surface area contributed by atoms with E-state index in [1.54, 1.807) is 14.2 Å². The van der Waals surface area contributed by atoms with Crippen LogP contribution in [0.3, 0.4) is 0 Å². The molecule has 0 saturated heterocycles. The number of amides is 1. The molecule has 16 heavy (non-hydrogen) atoms. The zero-order valence-electron chi connectivity index (χ0n) is 10.0. The van der Waals surface area contributed by atoms with E-state index in [1.165, 1.54) is 0 Å². The van der Waals surface area contributed by atoms with Gasteiger partial charge in [-0.2, -0.15) is 0 Å². The average molecular weight is 231 g/mol. The number of carbonyl (C=O) groups excluding carboxylic acids is 1. The second-order valence-electron chi connectivity index (χ2n) is 3.30. The summed E-state index contributed by atoms with van der Waals surface area (Å²) in [4.78, 5) is 15.0. The van der Waals surface area contributed by atoms with Crippen LogP contribution in [0.1, 0.15) is 13.3 Å². The first-order valence-electron chi connectivity index (χ1n) is 5.11. The van der Waals surface area contributed by atoms with Crippen molar-refractivity contribution in [2.24, 2.45) is 10.8 Å². The highest BCUT2D eigenvalue weighted by Gasteiger charge is 2.03. The topological polar surface area (TPSA) is 101 Å². The molecule has 5 N–H and O–H groups in total. The number of aliphatic imine (C=N–C) groups is 1. The molecule has 0 aliphatic heterocycles. The van der Waals surface area contributed by atoms with Crippen LogP contribution in [0.15, 0.2) is 4.99 Å². The largest absolute Gasteiger partial charge is 0.383 e. The second kappa shape index (κ2) is 8.93. The van der Waals surface area contributed by atoms with Crippen molar-refractivity contribution in [3.63, 3.8) is 0 Å². The molecule has 0 bridgehead atoms. The van der Waals surface area contributed by atoms with E-state index in [2.05, 4.69) is 21.1 Å². The van der Waals surface area contributed by atoms with Gasteiger partial charge < -0.3 is 15.4 Å². The monoisotopic (exact) mass is 231 g/mol. The van der Waals surface area contributed by atoms with Crippen LogP contribution in [-0.4, -0.2) is 45.2 Å². The van der Waals surface area contributed by atoms with E-state index in [9.17, 15) is 4.79 Å². The van der Waals surface area contributed by atoms with Gasteiger partial charge in [0, 0.05) is 26.6 Å². The number of hydrazine groups is 1. The third kappa shape index (κ3) is 7.02. The summed E-state index contributed by atoms with van der Waals surface area (Å²) < 4.78 is 4.96. The van der Waals surface area contributed by atoms with Gasteiger partial charge in [0.25, 0.3) is 0 Å². The summed E-state index contributed by atoms with van der Waals surface area (Å²) in [6.45, 7) is 2.87. The Balaban J connectivity index is 3.96. The molecule has 94 valence electrons. The molecule has 0 aromatic heterocycles. The van der Waals surface area contributed by atoms with E-state index in [0.717, 1.165) is 0 Å². The predicted octanol–water partition coefficient (Wildman–Crippen LogP) is -1.43. The Morgan fingerprint density at radius 2 is 2.25 bits per heavy atom. The van der Waals surface area contributed by atoms with Gasteiger partial charge in [0.1, 0.15) is 0 Å². The van der Waals surface area contributed by atoms with E-state index in [0.29, 0.717) is 25.5 Å². The van der Waals surface area contributed by atoms with Gasteiger partial charge in [0.2, 0.25) is 11.9 Å². The van der Waals surface area contributed by atoms with Crippen LogP contribution in [-0.2, 0) is 9.53 Å². The van der Waals surface area contributed by atoms with E-state index in [1.807, 2.05) is 6.92 Å². The van der Waals surface area contributed by atoms with Crippen LogP contribution in [0, 0.1) is 0 Å². The van der Waals surface area contributed by atoms with Crippen molar-refractivity contribution in [3.05, 3.63) is 0 Å². The number of methoxy groups -OCH3 is 1. The van der Waals surface area contributed by atoms with Crippen molar-refractivity contribution in [2.75, 3.05) is 27.3 Å². The first-order valence-corrected chi connectivity index (χ1v) is 5.11. The minimum atomic E-state index is -0.0509. The fourth-order valence-electron chi connectivity index (χ4n) is 1.05. The fourth-order valence-corrected chi connectivity index (χ4v) is 1.05. The smallest absolute Gasteiger partial charge is 0.221 e. The third-order valence-electron chi connectivity index (χ3n) is 1.82. The highest BCUT2D eigenvalue weighted by Crippen LogP contribution is 1.85. The van der Waals surface area contributed by atoms with Crippen LogP contribution in [0.25, 0.3) is 0 Å². The second-order valence-corrected chi connectivity index (χ2v) is 3.30. The Hall–Kier alpha value is -1.34. The number of guanidine groups is 1. The molecule has 1 atom stereocenters. The minimum Gasteiger partial charge on any atom is -0.383 e. The lowest BCUT2D eigenvalue weighted by molar-refractivity contribution is -0.120. The number of nitrogens with one attached hydrogen (secondary N) is 3. The molecule has 0 saturated carbocycles. The maximum absolute atomic E-state index is 10.9. The molecule has 0 aliphatic carbocycles. The van der Waals surface area contributed by atoms with Gasteiger partial charge >= 0.3 is 0 Å². The van der Waals surface area contributed by atoms with Gasteiger partial charge in [-0.3, -0.25) is 15.2 Å². The fraction of sp³-hybridized carbons (Fsp3) is 0.778. The predicted molar refractivity (Wildman–Crippen MR) is 62.8 cm³/mol. The highest BCUT2D eigenvalue weighted by molar-refractivity contribution is 5.80. The van der Waals surface area contributed by atoms with Gasteiger partial charge in [-0.05, 0) is 6.92 Å². The first-order chi connectivity index (χ1) is 7.63. The maximum Gasteiger partial charge on any atom is 0.221 e. The van der Waals surface area contributed by atoms with Crippen molar-refractivity contribution in [1.29, 1.82) is 0 Å². The lowest BCUT2D eigenvalue weighted by Gasteiger charge is -2.15. The number of nitrogens with zero attached hydrogens (tertiary/aromatic N) is 1. The molecule has 0 radical (unpaired) electrons. The molecule has 0 spiro atoms. The number of nitrogens with two attached hydrogens (primary N) is 1. The molecule has 0 aromatic rings. The standard InChI is InChI=1S/C9H21N5O2/c1-7(6-16-3)13-9(14-10)12-5-4-8(15)11-2/h7H,4-6,10H2,1-3H3,(H,11,15)(H2,12,13,14). The van der Waals surface area contributed by atoms with Crippen LogP contribution >= 0.6 is 0 Å². The van der Waals surface area contributed by atoms with Crippen molar-refractivity contribution in [2.45, 2.75) is 19.4 Å². The zero-order chi connectivity index (χ0) is 12.4. The molecular weight excluding hydrogens is 210 g/mol. The quantitative estimate of drug-likeness (QED) is 0.194. The summed E-state index contributed by atoms with van der Waals surface area (Å²) in [5.74, 6) is 5.68. The molecule has 1 amide bonds. The van der Waals surface area contributed by atoms with Crippen molar-refractivity contribution in [1.82, 2.24) is 16.1 Å². The van der Waals surface area contributed by atoms with Gasteiger partial charge in [0.05, 0.1) is 13.2 Å². The van der Waals surface area contributed by atoms with Crippen molar-refractivity contribution < 1.29 is 9.53 Å². The van der Waals surface area contributed by atoms with Gasteiger partial charge in [-0.1, -0.05) is 0 Å². The van der Waals surface area contributed by atoms with Gasteiger partial charge in [-0.25, -0.2) is 5.84 Å². The summed E-state index contributed by atoms with van der Waals surface area (Å²) in [5, 5.41) is 5.53. The lowest BCUT2D eigenvalue weighted by Crippen LogP contribution is -2.47. The molecule has 0 fully saturated rings. The van der Waals surface area contributed by atoms with Crippen molar-refractivity contribution in [3.8, 4) is 0 Å². The summed E-state index contributed by atoms with van der Waals surface area (Å²) in [6.07, 6.45) is 0.335. The summed E-state index contributed by atoms with van der Waals surface area (Å²) in [5.41, 5.74) is 2.43. The molecule has 0 aliphatic rings. The number of hydrogen-bond acceptors (Lipinski definition) is 4. The molecule has 0 aromatic carbocycles. The maximum atomic E-state index is 10.9. The number of hydrogen-bond donors (Lipinski definition) is 4. The van der Waals surface area contributed by atoms with Gasteiger partial charge in [-0.15, -0.1) is 0 Å². The SMILES string of the molecule is CNC(=O)CCN=C(NN)NC(C)COC. The van der Waals surface area contributed by atoms with E-state index >= 15 is 0 Å². The number of rotatable bonds is 6. The van der Waals surface area contributed by atoms with E-state index in [4.69, 9.17) is 10.6 Å². The first kappa shape index (κ1) is 14.7. The normalized spacial score (nSPS) is 13.1. The summed E-state index contributed by atoms with van der Waals surface area (Å²) >= 11 is 0. The highest BCUT2D eigenvalue weighted by atomic mass is 16.5. The molecule has 1 unspecified atom stereocenters. The lowest BCUT2D eigenvalue weighted by atomic mass is 10.4. The molecule has 7 nitrogen and oxygen atoms in total. The minimum absolute atomic E-state index is 0.0509. The van der Waals surface area contributed by atoms with Gasteiger partial charge in [0.15, 0.2) is 0 Å². The molecule has 7 heteroatoms. The number of ether oxygens (including phenoxy) is 1. The average Bonchev–Trinajstić information content (AvgIpc) is 2.27. The Kier molecular flexibility index (Phi) is 8.18. The van der Waals surface area contributed by atoms with Crippen LogP contribution in [0.5, 0.6) is 0 Å². The van der Waals surface area contributed by atoms with Crippen LogP contribution < -0.4 is 21.9 Å². The van der Waals surface area contributed by atoms with E-state index in [-0.39, 0.29) is 11.9 Å². The molecule has 0 rings (SSSR count). The van der Waals surface area contributed by atoms with Crippen LogP contribution in [0.4, 0.5) is 0 Å². The molecule has 0 heterocycles.